The predicted octanol–water partition coefficient (Wildman–Crippen LogP) is 0.176. The van der Waals surface area contributed by atoms with Crippen molar-refractivity contribution in [1.82, 2.24) is 5.32 Å². The van der Waals surface area contributed by atoms with Gasteiger partial charge in [-0.2, -0.15) is 0 Å². The molecule has 0 aromatic heterocycles. The van der Waals surface area contributed by atoms with Gasteiger partial charge >= 0.3 is 5.97 Å². The smallest absolute Gasteiger partial charge is 0.308 e. The molecule has 2 aliphatic rings. The minimum Gasteiger partial charge on any atom is -0.439 e. The van der Waals surface area contributed by atoms with Crippen LogP contribution >= 0.6 is 0 Å². The maximum Gasteiger partial charge on any atom is 0.308 e. The maximum absolute atomic E-state index is 11.1. The Morgan fingerprint density at radius 2 is 2.00 bits per heavy atom. The Labute approximate surface area is 70.3 Å². The molecule has 0 bridgehead atoms. The van der Waals surface area contributed by atoms with Crippen molar-refractivity contribution < 1.29 is 14.3 Å². The third kappa shape index (κ3) is 0.722. The molecule has 2 rings (SSSR count). The first-order valence-corrected chi connectivity index (χ1v) is 3.98. The van der Waals surface area contributed by atoms with Crippen LogP contribution in [0.5, 0.6) is 0 Å². The van der Waals surface area contributed by atoms with Crippen LogP contribution in [0.1, 0.15) is 26.7 Å². The second-order valence-electron chi connectivity index (χ2n) is 3.97. The zero-order valence-electron chi connectivity index (χ0n) is 7.14. The molecule has 12 heavy (non-hydrogen) atoms. The van der Waals surface area contributed by atoms with Crippen LogP contribution in [-0.4, -0.2) is 17.6 Å². The topological polar surface area (TPSA) is 55.4 Å². The van der Waals surface area contributed by atoms with E-state index in [2.05, 4.69) is 5.32 Å². The molecule has 0 aliphatic carbocycles. The second kappa shape index (κ2) is 1.81. The first-order chi connectivity index (χ1) is 5.45. The van der Waals surface area contributed by atoms with Gasteiger partial charge in [-0.25, -0.2) is 0 Å². The number of amides is 1. The summed E-state index contributed by atoms with van der Waals surface area (Å²) in [6, 6.07) is 0. The number of esters is 1. The van der Waals surface area contributed by atoms with Crippen molar-refractivity contribution in [3.05, 3.63) is 0 Å². The lowest BCUT2D eigenvalue weighted by Crippen LogP contribution is -2.46. The average Bonchev–Trinajstić information content (AvgIpc) is 2.09. The Balaban J connectivity index is 2.38. The molecule has 4 nitrogen and oxygen atoms in total. The summed E-state index contributed by atoms with van der Waals surface area (Å²) in [7, 11) is 0. The molecular formula is C8H11NO3. The monoisotopic (exact) mass is 169 g/mol. The molecule has 0 radical (unpaired) electrons. The van der Waals surface area contributed by atoms with Crippen molar-refractivity contribution in [1.29, 1.82) is 0 Å². The van der Waals surface area contributed by atoms with E-state index >= 15 is 0 Å². The summed E-state index contributed by atoms with van der Waals surface area (Å²) < 4.78 is 5.08. The van der Waals surface area contributed by atoms with Crippen molar-refractivity contribution in [3.63, 3.8) is 0 Å². The van der Waals surface area contributed by atoms with E-state index < -0.39 is 5.72 Å². The van der Waals surface area contributed by atoms with Crippen LogP contribution in [0.15, 0.2) is 0 Å². The molecule has 2 saturated heterocycles. The normalized spacial score (nSPS) is 45.5. The van der Waals surface area contributed by atoms with E-state index in [0.29, 0.717) is 12.8 Å². The van der Waals surface area contributed by atoms with Crippen molar-refractivity contribution in [2.45, 2.75) is 32.4 Å². The fraction of sp³-hybridized carbons (Fsp3) is 0.750. The van der Waals surface area contributed by atoms with Crippen molar-refractivity contribution in [2.24, 2.45) is 5.41 Å². The third-order valence-corrected chi connectivity index (χ3v) is 2.93. The van der Waals surface area contributed by atoms with Crippen LogP contribution in [-0.2, 0) is 14.3 Å². The molecule has 0 unspecified atom stereocenters. The van der Waals surface area contributed by atoms with Gasteiger partial charge in [0.05, 0.1) is 6.42 Å². The van der Waals surface area contributed by atoms with E-state index in [1.54, 1.807) is 6.92 Å². The standard InChI is InChI=1S/C8H11NO3/c1-7-3-5(10)9-8(7,2)12-6(11)4-7/h3-4H2,1-2H3,(H,9,10)/t7-,8+/m1/s1. The molecule has 2 fully saturated rings. The molecular weight excluding hydrogens is 158 g/mol. The molecule has 2 aliphatic heterocycles. The van der Waals surface area contributed by atoms with Crippen LogP contribution in [0.25, 0.3) is 0 Å². The average molecular weight is 169 g/mol. The highest BCUT2D eigenvalue weighted by Crippen LogP contribution is 2.48. The van der Waals surface area contributed by atoms with Gasteiger partial charge < -0.3 is 10.1 Å². The van der Waals surface area contributed by atoms with E-state index in [9.17, 15) is 9.59 Å². The van der Waals surface area contributed by atoms with Crippen LogP contribution in [0.2, 0.25) is 0 Å². The van der Waals surface area contributed by atoms with Crippen LogP contribution in [0.3, 0.4) is 0 Å². The lowest BCUT2D eigenvalue weighted by Gasteiger charge is -2.29. The van der Waals surface area contributed by atoms with E-state index in [4.69, 9.17) is 4.74 Å². The number of fused-ring (bicyclic) bond motifs is 1. The molecule has 2 atom stereocenters. The van der Waals surface area contributed by atoms with Crippen molar-refractivity contribution in [3.8, 4) is 0 Å². The molecule has 0 spiro atoms. The number of hydrogen-bond donors (Lipinski definition) is 1. The van der Waals surface area contributed by atoms with Crippen LogP contribution in [0, 0.1) is 5.41 Å². The quantitative estimate of drug-likeness (QED) is 0.526. The molecule has 0 saturated carbocycles. The lowest BCUT2D eigenvalue weighted by atomic mass is 9.80. The summed E-state index contributed by atoms with van der Waals surface area (Å²) in [5.41, 5.74) is -1.11. The van der Waals surface area contributed by atoms with E-state index in [0.717, 1.165) is 0 Å². The first-order valence-electron chi connectivity index (χ1n) is 3.98. The first kappa shape index (κ1) is 7.58. The summed E-state index contributed by atoms with van der Waals surface area (Å²) in [5, 5.41) is 2.68. The number of ether oxygens (including phenoxy) is 1. The van der Waals surface area contributed by atoms with Gasteiger partial charge in [-0.1, -0.05) is 6.92 Å². The highest BCUT2D eigenvalue weighted by Gasteiger charge is 2.60. The van der Waals surface area contributed by atoms with Gasteiger partial charge in [-0.05, 0) is 6.92 Å². The van der Waals surface area contributed by atoms with Crippen molar-refractivity contribution >= 4 is 11.9 Å². The highest BCUT2D eigenvalue weighted by molar-refractivity contribution is 5.85. The third-order valence-electron chi connectivity index (χ3n) is 2.93. The molecule has 4 heteroatoms. The molecule has 1 amide bonds. The summed E-state index contributed by atoms with van der Waals surface area (Å²) >= 11 is 0. The number of carbonyl (C=O) groups excluding carboxylic acids is 2. The van der Waals surface area contributed by atoms with Crippen molar-refractivity contribution in [2.75, 3.05) is 0 Å². The highest BCUT2D eigenvalue weighted by atomic mass is 16.6. The Hall–Kier alpha value is -1.06. The fourth-order valence-electron chi connectivity index (χ4n) is 1.95. The van der Waals surface area contributed by atoms with E-state index in [1.165, 1.54) is 0 Å². The lowest BCUT2D eigenvalue weighted by molar-refractivity contribution is -0.151. The molecule has 2 heterocycles. The maximum atomic E-state index is 11.1. The number of rotatable bonds is 0. The number of hydrogen-bond acceptors (Lipinski definition) is 3. The zero-order chi connectivity index (χ0) is 8.98. The van der Waals surface area contributed by atoms with E-state index in [1.807, 2.05) is 6.92 Å². The SMILES string of the molecule is C[C@]12CC(=O)N[C@@]1(C)OC(=O)C2. The van der Waals surface area contributed by atoms with Gasteiger partial charge in [0.25, 0.3) is 0 Å². The number of nitrogens with one attached hydrogen (secondary N) is 1. The Kier molecular flexibility index (Phi) is 1.14. The Morgan fingerprint density at radius 1 is 1.33 bits per heavy atom. The molecule has 66 valence electrons. The van der Waals surface area contributed by atoms with Gasteiger partial charge in [-0.15, -0.1) is 0 Å². The predicted molar refractivity (Wildman–Crippen MR) is 40.0 cm³/mol. The molecule has 0 aromatic rings. The van der Waals surface area contributed by atoms with E-state index in [-0.39, 0.29) is 17.3 Å². The fourth-order valence-corrected chi connectivity index (χ4v) is 1.95. The van der Waals surface area contributed by atoms with Crippen LogP contribution < -0.4 is 5.32 Å². The summed E-state index contributed by atoms with van der Waals surface area (Å²) in [6.45, 7) is 3.65. The summed E-state index contributed by atoms with van der Waals surface area (Å²) in [6.07, 6.45) is 0.720. The van der Waals surface area contributed by atoms with Gasteiger partial charge in [0.1, 0.15) is 0 Å². The van der Waals surface area contributed by atoms with Gasteiger partial charge in [0.15, 0.2) is 5.72 Å². The molecule has 1 N–H and O–H groups in total. The Morgan fingerprint density at radius 3 is 2.58 bits per heavy atom. The van der Waals surface area contributed by atoms with Crippen LogP contribution in [0.4, 0.5) is 0 Å². The number of carbonyl (C=O) groups is 2. The minimum absolute atomic E-state index is 0.0347. The largest absolute Gasteiger partial charge is 0.439 e. The van der Waals surface area contributed by atoms with Gasteiger partial charge in [0.2, 0.25) is 5.91 Å². The Bertz CT molecular complexity index is 227. The minimum atomic E-state index is -0.763. The zero-order valence-corrected chi connectivity index (χ0v) is 7.14. The van der Waals surface area contributed by atoms with Gasteiger partial charge in [-0.3, -0.25) is 9.59 Å². The summed E-state index contributed by atoms with van der Waals surface area (Å²) in [4.78, 5) is 22.1. The second-order valence-corrected chi connectivity index (χ2v) is 3.97. The molecule has 0 aromatic carbocycles. The summed E-state index contributed by atoms with van der Waals surface area (Å²) in [5.74, 6) is -0.257. The van der Waals surface area contributed by atoms with Gasteiger partial charge in [0, 0.05) is 11.8 Å².